The molecule has 0 saturated carbocycles. The molecule has 0 saturated heterocycles. The number of hydrogen-bond donors (Lipinski definition) is 2. The van der Waals surface area contributed by atoms with Crippen LogP contribution in [0.5, 0.6) is 0 Å². The van der Waals surface area contributed by atoms with Gasteiger partial charge in [-0.2, -0.15) is 0 Å². The lowest BCUT2D eigenvalue weighted by Gasteiger charge is -2.24. The summed E-state index contributed by atoms with van der Waals surface area (Å²) in [6.45, 7) is 5.47. The van der Waals surface area contributed by atoms with E-state index < -0.39 is 11.4 Å². The fraction of sp³-hybridized carbons (Fsp3) is 0.385. The average Bonchev–Trinajstić information content (AvgIpc) is 2.19. The SMILES string of the molecule is Cc1ccc(C(=O)NC(C)(C)CC(N)=O)cc1Br. The van der Waals surface area contributed by atoms with E-state index in [1.807, 2.05) is 13.0 Å². The van der Waals surface area contributed by atoms with Crippen LogP contribution in [0.25, 0.3) is 0 Å². The molecule has 4 nitrogen and oxygen atoms in total. The normalized spacial score (nSPS) is 11.1. The van der Waals surface area contributed by atoms with Crippen LogP contribution in [0.4, 0.5) is 0 Å². The number of rotatable bonds is 4. The first kappa shape index (κ1) is 14.7. The van der Waals surface area contributed by atoms with Gasteiger partial charge in [0.25, 0.3) is 5.91 Å². The van der Waals surface area contributed by atoms with E-state index >= 15 is 0 Å². The molecule has 0 aliphatic heterocycles. The summed E-state index contributed by atoms with van der Waals surface area (Å²) in [7, 11) is 0. The van der Waals surface area contributed by atoms with Crippen LogP contribution in [0.2, 0.25) is 0 Å². The number of amides is 2. The quantitative estimate of drug-likeness (QED) is 0.894. The number of nitrogens with two attached hydrogens (primary N) is 1. The van der Waals surface area contributed by atoms with E-state index in [0.29, 0.717) is 5.56 Å². The molecule has 0 radical (unpaired) electrons. The number of benzene rings is 1. The van der Waals surface area contributed by atoms with E-state index in [9.17, 15) is 9.59 Å². The molecule has 5 heteroatoms. The fourth-order valence-corrected chi connectivity index (χ4v) is 1.97. The fourth-order valence-electron chi connectivity index (χ4n) is 1.59. The number of hydrogen-bond acceptors (Lipinski definition) is 2. The topological polar surface area (TPSA) is 72.2 Å². The van der Waals surface area contributed by atoms with Crippen LogP contribution in [0.3, 0.4) is 0 Å². The molecule has 0 aliphatic rings. The van der Waals surface area contributed by atoms with Crippen molar-refractivity contribution < 1.29 is 9.59 Å². The second kappa shape index (κ2) is 5.52. The highest BCUT2D eigenvalue weighted by Gasteiger charge is 2.23. The van der Waals surface area contributed by atoms with Crippen molar-refractivity contribution in [1.82, 2.24) is 5.32 Å². The smallest absolute Gasteiger partial charge is 0.251 e. The summed E-state index contributed by atoms with van der Waals surface area (Å²) in [6, 6.07) is 5.36. The van der Waals surface area contributed by atoms with Crippen molar-refractivity contribution in [2.24, 2.45) is 5.73 Å². The average molecular weight is 313 g/mol. The van der Waals surface area contributed by atoms with Gasteiger partial charge < -0.3 is 11.1 Å². The second-order valence-electron chi connectivity index (χ2n) is 4.95. The Kier molecular flexibility index (Phi) is 4.51. The maximum Gasteiger partial charge on any atom is 0.251 e. The first-order valence-corrected chi connectivity index (χ1v) is 6.37. The van der Waals surface area contributed by atoms with Crippen LogP contribution in [0, 0.1) is 6.92 Å². The molecule has 0 heterocycles. The van der Waals surface area contributed by atoms with Gasteiger partial charge in [0, 0.05) is 22.0 Å². The van der Waals surface area contributed by atoms with Gasteiger partial charge in [0.15, 0.2) is 0 Å². The highest BCUT2D eigenvalue weighted by Crippen LogP contribution is 2.18. The molecule has 0 unspecified atom stereocenters. The number of halogens is 1. The minimum Gasteiger partial charge on any atom is -0.370 e. The highest BCUT2D eigenvalue weighted by molar-refractivity contribution is 9.10. The van der Waals surface area contributed by atoms with E-state index in [0.717, 1.165) is 10.0 Å². The molecule has 2 amide bonds. The molecule has 1 aromatic rings. The lowest BCUT2D eigenvalue weighted by Crippen LogP contribution is -2.46. The Labute approximate surface area is 115 Å². The Morgan fingerprint density at radius 2 is 2.00 bits per heavy atom. The zero-order chi connectivity index (χ0) is 13.9. The summed E-state index contributed by atoms with van der Waals surface area (Å²) >= 11 is 3.38. The zero-order valence-corrected chi connectivity index (χ0v) is 12.3. The lowest BCUT2D eigenvalue weighted by atomic mass is 9.99. The van der Waals surface area contributed by atoms with Gasteiger partial charge in [0.05, 0.1) is 0 Å². The van der Waals surface area contributed by atoms with Gasteiger partial charge in [-0.05, 0) is 38.5 Å². The molecular weight excluding hydrogens is 296 g/mol. The van der Waals surface area contributed by atoms with Gasteiger partial charge in [0.1, 0.15) is 0 Å². The predicted octanol–water partition coefficient (Wildman–Crippen LogP) is 2.14. The summed E-state index contributed by atoms with van der Waals surface area (Å²) in [6.07, 6.45) is 0.103. The first-order chi connectivity index (χ1) is 8.21. The van der Waals surface area contributed by atoms with Gasteiger partial charge >= 0.3 is 0 Å². The van der Waals surface area contributed by atoms with Gasteiger partial charge in [0.2, 0.25) is 5.91 Å². The molecule has 3 N–H and O–H groups in total. The van der Waals surface area contributed by atoms with Crippen molar-refractivity contribution in [2.45, 2.75) is 32.7 Å². The number of nitrogens with one attached hydrogen (secondary N) is 1. The van der Waals surface area contributed by atoms with E-state index in [1.165, 1.54) is 0 Å². The molecule has 0 atom stereocenters. The van der Waals surface area contributed by atoms with Gasteiger partial charge in [-0.3, -0.25) is 9.59 Å². The zero-order valence-electron chi connectivity index (χ0n) is 10.7. The van der Waals surface area contributed by atoms with Gasteiger partial charge in [-0.25, -0.2) is 0 Å². The van der Waals surface area contributed by atoms with E-state index in [1.54, 1.807) is 26.0 Å². The van der Waals surface area contributed by atoms with Crippen LogP contribution in [0.15, 0.2) is 22.7 Å². The van der Waals surface area contributed by atoms with E-state index in [-0.39, 0.29) is 12.3 Å². The molecule has 0 bridgehead atoms. The Morgan fingerprint density at radius 3 is 2.50 bits per heavy atom. The molecule has 0 aromatic heterocycles. The molecule has 1 aromatic carbocycles. The Hall–Kier alpha value is -1.36. The largest absolute Gasteiger partial charge is 0.370 e. The number of carbonyl (C=O) groups excluding carboxylic acids is 2. The maximum atomic E-state index is 12.0. The van der Waals surface area contributed by atoms with Crippen molar-refractivity contribution in [3.05, 3.63) is 33.8 Å². The maximum absolute atomic E-state index is 12.0. The van der Waals surface area contributed by atoms with Crippen LogP contribution < -0.4 is 11.1 Å². The number of carbonyl (C=O) groups is 2. The summed E-state index contributed by atoms with van der Waals surface area (Å²) in [5.41, 5.74) is 6.09. The number of aryl methyl sites for hydroxylation is 1. The Morgan fingerprint density at radius 1 is 1.39 bits per heavy atom. The monoisotopic (exact) mass is 312 g/mol. The summed E-state index contributed by atoms with van der Waals surface area (Å²) < 4.78 is 0.878. The van der Waals surface area contributed by atoms with E-state index in [2.05, 4.69) is 21.2 Å². The van der Waals surface area contributed by atoms with Crippen LogP contribution in [-0.4, -0.2) is 17.4 Å². The van der Waals surface area contributed by atoms with Gasteiger partial charge in [-0.1, -0.05) is 22.0 Å². The third-order valence-electron chi connectivity index (χ3n) is 2.50. The van der Waals surface area contributed by atoms with Crippen LogP contribution >= 0.6 is 15.9 Å². The van der Waals surface area contributed by atoms with Crippen molar-refractivity contribution in [2.75, 3.05) is 0 Å². The summed E-state index contributed by atoms with van der Waals surface area (Å²) in [5, 5.41) is 2.79. The Bertz CT molecular complexity index is 484. The van der Waals surface area contributed by atoms with Crippen molar-refractivity contribution in [1.29, 1.82) is 0 Å². The first-order valence-electron chi connectivity index (χ1n) is 5.58. The molecule has 0 aliphatic carbocycles. The molecular formula is C13H17BrN2O2. The molecule has 0 spiro atoms. The Balaban J connectivity index is 2.82. The minimum absolute atomic E-state index is 0.103. The standard InChI is InChI=1S/C13H17BrN2O2/c1-8-4-5-9(6-10(8)14)12(18)16-13(2,3)7-11(15)17/h4-6H,7H2,1-3H3,(H2,15,17)(H,16,18). The third kappa shape index (κ3) is 4.14. The third-order valence-corrected chi connectivity index (χ3v) is 3.36. The van der Waals surface area contributed by atoms with Crippen LogP contribution in [0.1, 0.15) is 36.2 Å². The number of primary amides is 1. The van der Waals surface area contributed by atoms with Crippen molar-refractivity contribution in [3.63, 3.8) is 0 Å². The molecule has 18 heavy (non-hydrogen) atoms. The minimum atomic E-state index is -0.653. The molecule has 0 fully saturated rings. The highest BCUT2D eigenvalue weighted by atomic mass is 79.9. The molecule has 98 valence electrons. The molecule has 1 rings (SSSR count). The predicted molar refractivity (Wildman–Crippen MR) is 74.2 cm³/mol. The lowest BCUT2D eigenvalue weighted by molar-refractivity contribution is -0.119. The second-order valence-corrected chi connectivity index (χ2v) is 5.80. The van der Waals surface area contributed by atoms with Gasteiger partial charge in [-0.15, -0.1) is 0 Å². The van der Waals surface area contributed by atoms with Crippen molar-refractivity contribution in [3.8, 4) is 0 Å². The van der Waals surface area contributed by atoms with Crippen LogP contribution in [-0.2, 0) is 4.79 Å². The summed E-state index contributed by atoms with van der Waals surface area (Å²) in [5.74, 6) is -0.660. The van der Waals surface area contributed by atoms with E-state index in [4.69, 9.17) is 5.73 Å². The summed E-state index contributed by atoms with van der Waals surface area (Å²) in [4.78, 5) is 22.9. The van der Waals surface area contributed by atoms with Crippen molar-refractivity contribution >= 4 is 27.7 Å².